The molecule has 23 heavy (non-hydrogen) atoms. The fourth-order valence-corrected chi connectivity index (χ4v) is 2.39. The highest BCUT2D eigenvalue weighted by atomic mass is 35.5. The van der Waals surface area contributed by atoms with Gasteiger partial charge in [0, 0.05) is 6.54 Å². The number of unbranched alkanes of at least 4 members (excludes halogenated alkanes) is 1. The third-order valence-electron chi connectivity index (χ3n) is 3.78. The molecule has 6 heteroatoms. The summed E-state index contributed by atoms with van der Waals surface area (Å²) < 4.78 is 0. The van der Waals surface area contributed by atoms with Crippen LogP contribution in [0.2, 0.25) is 0 Å². The van der Waals surface area contributed by atoms with Crippen LogP contribution in [0.25, 0.3) is 0 Å². The molecule has 0 radical (unpaired) electrons. The molecule has 134 valence electrons. The first-order chi connectivity index (χ1) is 10.0. The molecule has 0 saturated heterocycles. The Morgan fingerprint density at radius 3 is 2.30 bits per heavy atom. The SMILES string of the molecule is CCCCC(CCN(C)CC(O)c1ccccc1)C(=O)O.Cl.Cl. The summed E-state index contributed by atoms with van der Waals surface area (Å²) >= 11 is 0. The van der Waals surface area contributed by atoms with Crippen molar-refractivity contribution in [3.05, 3.63) is 35.9 Å². The van der Waals surface area contributed by atoms with Crippen LogP contribution in [-0.2, 0) is 4.79 Å². The number of rotatable bonds is 10. The molecule has 2 N–H and O–H groups in total. The lowest BCUT2D eigenvalue weighted by Gasteiger charge is -2.22. The predicted molar refractivity (Wildman–Crippen MR) is 98.7 cm³/mol. The lowest BCUT2D eigenvalue weighted by atomic mass is 9.98. The summed E-state index contributed by atoms with van der Waals surface area (Å²) in [6.07, 6.45) is 2.81. The van der Waals surface area contributed by atoms with Crippen molar-refractivity contribution < 1.29 is 15.0 Å². The molecule has 0 aromatic heterocycles. The van der Waals surface area contributed by atoms with Gasteiger partial charge in [0.15, 0.2) is 0 Å². The number of aliphatic hydroxyl groups excluding tert-OH is 1. The number of carboxylic acids is 1. The van der Waals surface area contributed by atoms with Crippen LogP contribution >= 0.6 is 24.8 Å². The predicted octanol–water partition coefficient (Wildman–Crippen LogP) is 3.78. The average molecular weight is 366 g/mol. The monoisotopic (exact) mass is 365 g/mol. The van der Waals surface area contributed by atoms with Gasteiger partial charge in [0.2, 0.25) is 0 Å². The molecule has 0 fully saturated rings. The Bertz CT molecular complexity index is 418. The number of benzene rings is 1. The zero-order chi connectivity index (χ0) is 15.7. The van der Waals surface area contributed by atoms with Crippen LogP contribution in [0.3, 0.4) is 0 Å². The van der Waals surface area contributed by atoms with E-state index < -0.39 is 12.1 Å². The smallest absolute Gasteiger partial charge is 0.306 e. The van der Waals surface area contributed by atoms with Crippen molar-refractivity contribution in [3.8, 4) is 0 Å². The number of nitrogens with zero attached hydrogens (tertiary/aromatic N) is 1. The standard InChI is InChI=1S/C17H27NO3.2ClH/c1-3-4-8-15(17(20)21)11-12-18(2)13-16(19)14-9-6-5-7-10-14;;/h5-7,9-10,15-16,19H,3-4,8,11-13H2,1-2H3,(H,20,21);2*1H. The van der Waals surface area contributed by atoms with Gasteiger partial charge in [-0.25, -0.2) is 0 Å². The van der Waals surface area contributed by atoms with Crippen molar-refractivity contribution in [2.45, 2.75) is 38.7 Å². The van der Waals surface area contributed by atoms with Crippen molar-refractivity contribution in [1.29, 1.82) is 0 Å². The highest BCUT2D eigenvalue weighted by Crippen LogP contribution is 2.16. The Labute approximate surface area is 151 Å². The Morgan fingerprint density at radius 2 is 1.78 bits per heavy atom. The quantitative estimate of drug-likeness (QED) is 0.662. The third-order valence-corrected chi connectivity index (χ3v) is 3.78. The number of carboxylic acid groups (broad SMARTS) is 1. The molecule has 0 aliphatic heterocycles. The van der Waals surface area contributed by atoms with Crippen molar-refractivity contribution in [2.24, 2.45) is 5.92 Å². The molecule has 4 nitrogen and oxygen atoms in total. The number of halogens is 2. The van der Waals surface area contributed by atoms with E-state index in [2.05, 4.69) is 6.92 Å². The van der Waals surface area contributed by atoms with Gasteiger partial charge in [-0.3, -0.25) is 4.79 Å². The highest BCUT2D eigenvalue weighted by Gasteiger charge is 2.18. The minimum Gasteiger partial charge on any atom is -0.481 e. The Hall–Kier alpha value is -0.810. The van der Waals surface area contributed by atoms with Gasteiger partial charge < -0.3 is 15.1 Å². The van der Waals surface area contributed by atoms with Crippen molar-refractivity contribution >= 4 is 30.8 Å². The molecule has 1 aromatic carbocycles. The van der Waals surface area contributed by atoms with E-state index in [1.54, 1.807) is 0 Å². The van der Waals surface area contributed by atoms with E-state index in [0.29, 0.717) is 19.5 Å². The van der Waals surface area contributed by atoms with Crippen LogP contribution in [0, 0.1) is 5.92 Å². The maximum atomic E-state index is 11.2. The first kappa shape index (κ1) is 24.4. The van der Waals surface area contributed by atoms with Gasteiger partial charge in [-0.05, 0) is 32.0 Å². The van der Waals surface area contributed by atoms with E-state index >= 15 is 0 Å². The van der Waals surface area contributed by atoms with Crippen molar-refractivity contribution in [1.82, 2.24) is 4.90 Å². The van der Waals surface area contributed by atoms with Crippen LogP contribution in [0.1, 0.15) is 44.3 Å². The zero-order valence-corrected chi connectivity index (χ0v) is 15.5. The number of likely N-dealkylation sites (N-methyl/N-ethyl adjacent to an activating group) is 1. The molecule has 0 amide bonds. The lowest BCUT2D eigenvalue weighted by Crippen LogP contribution is -2.28. The molecular weight excluding hydrogens is 337 g/mol. The summed E-state index contributed by atoms with van der Waals surface area (Å²) in [7, 11) is 1.92. The molecule has 2 atom stereocenters. The minimum absolute atomic E-state index is 0. The van der Waals surface area contributed by atoms with Gasteiger partial charge in [0.1, 0.15) is 0 Å². The molecule has 0 spiro atoms. The van der Waals surface area contributed by atoms with Crippen LogP contribution in [-0.4, -0.2) is 41.2 Å². The van der Waals surface area contributed by atoms with Gasteiger partial charge in [0.05, 0.1) is 12.0 Å². The molecule has 2 unspecified atom stereocenters. The fourth-order valence-electron chi connectivity index (χ4n) is 2.39. The van der Waals surface area contributed by atoms with Gasteiger partial charge in [0.25, 0.3) is 0 Å². The van der Waals surface area contributed by atoms with E-state index in [1.165, 1.54) is 0 Å². The van der Waals surface area contributed by atoms with Gasteiger partial charge in [-0.2, -0.15) is 0 Å². The summed E-state index contributed by atoms with van der Waals surface area (Å²) in [6, 6.07) is 9.54. The van der Waals surface area contributed by atoms with E-state index in [1.807, 2.05) is 42.3 Å². The molecule has 0 saturated carbocycles. The van der Waals surface area contributed by atoms with E-state index in [4.69, 9.17) is 0 Å². The molecular formula is C17H29Cl2NO3. The Kier molecular flexibility index (Phi) is 14.5. The molecule has 1 aromatic rings. The largest absolute Gasteiger partial charge is 0.481 e. The summed E-state index contributed by atoms with van der Waals surface area (Å²) in [5.41, 5.74) is 0.894. The summed E-state index contributed by atoms with van der Waals surface area (Å²) in [5.74, 6) is -0.985. The molecule has 0 bridgehead atoms. The topological polar surface area (TPSA) is 60.8 Å². The summed E-state index contributed by atoms with van der Waals surface area (Å²) in [4.78, 5) is 13.2. The lowest BCUT2D eigenvalue weighted by molar-refractivity contribution is -0.142. The Morgan fingerprint density at radius 1 is 1.17 bits per heavy atom. The number of aliphatic carboxylic acids is 1. The minimum atomic E-state index is -0.708. The third kappa shape index (κ3) is 9.82. The second kappa shape index (κ2) is 13.6. The van der Waals surface area contributed by atoms with Crippen LogP contribution in [0.4, 0.5) is 0 Å². The van der Waals surface area contributed by atoms with E-state index in [9.17, 15) is 15.0 Å². The van der Waals surface area contributed by atoms with Crippen molar-refractivity contribution in [3.63, 3.8) is 0 Å². The molecule has 1 rings (SSSR count). The van der Waals surface area contributed by atoms with E-state index in [-0.39, 0.29) is 30.7 Å². The number of aliphatic hydroxyl groups is 1. The highest BCUT2D eigenvalue weighted by molar-refractivity contribution is 5.85. The molecule has 0 aliphatic rings. The zero-order valence-electron chi connectivity index (χ0n) is 13.9. The van der Waals surface area contributed by atoms with Crippen molar-refractivity contribution in [2.75, 3.05) is 20.1 Å². The maximum Gasteiger partial charge on any atom is 0.306 e. The van der Waals surface area contributed by atoms with Crippen LogP contribution in [0.15, 0.2) is 30.3 Å². The fraction of sp³-hybridized carbons (Fsp3) is 0.588. The first-order valence-corrected chi connectivity index (χ1v) is 7.69. The van der Waals surface area contributed by atoms with Gasteiger partial charge >= 0.3 is 5.97 Å². The Balaban J connectivity index is 0. The second-order valence-corrected chi connectivity index (χ2v) is 5.65. The number of hydrogen-bond acceptors (Lipinski definition) is 3. The number of carbonyl (C=O) groups is 1. The van der Waals surface area contributed by atoms with Crippen LogP contribution < -0.4 is 0 Å². The second-order valence-electron chi connectivity index (χ2n) is 5.65. The normalized spacial score (nSPS) is 12.9. The average Bonchev–Trinajstić information content (AvgIpc) is 2.47. The number of hydrogen-bond donors (Lipinski definition) is 2. The maximum absolute atomic E-state index is 11.2. The van der Waals surface area contributed by atoms with Crippen LogP contribution in [0.5, 0.6) is 0 Å². The van der Waals surface area contributed by atoms with Gasteiger partial charge in [-0.1, -0.05) is 50.1 Å². The first-order valence-electron chi connectivity index (χ1n) is 7.69. The molecule has 0 heterocycles. The van der Waals surface area contributed by atoms with Gasteiger partial charge in [-0.15, -0.1) is 24.8 Å². The summed E-state index contributed by atoms with van der Waals surface area (Å²) in [6.45, 7) is 3.27. The van der Waals surface area contributed by atoms with E-state index in [0.717, 1.165) is 24.8 Å². The summed E-state index contributed by atoms with van der Waals surface area (Å²) in [5, 5.41) is 19.4. The molecule has 0 aliphatic carbocycles.